The number of nitrogens with zero attached hydrogens (tertiary/aromatic N) is 3. The molecule has 1 N–H and O–H groups in total. The second kappa shape index (κ2) is 7.61. The van der Waals surface area contributed by atoms with Gasteiger partial charge in [-0.05, 0) is 26.0 Å². The van der Waals surface area contributed by atoms with Crippen LogP contribution in [0.15, 0.2) is 12.3 Å². The van der Waals surface area contributed by atoms with Crippen LogP contribution in [0, 0.1) is 0 Å². The van der Waals surface area contributed by atoms with Gasteiger partial charge < -0.3 is 10.2 Å². The number of pyridine rings is 1. The van der Waals surface area contributed by atoms with Gasteiger partial charge >= 0.3 is 0 Å². The highest BCUT2D eigenvalue weighted by molar-refractivity contribution is 6.33. The summed E-state index contributed by atoms with van der Waals surface area (Å²) in [5.74, 6) is 0.645. The third kappa shape index (κ3) is 4.08. The molecule has 2 heterocycles. The number of halogens is 1. The highest BCUT2D eigenvalue weighted by atomic mass is 35.5. The van der Waals surface area contributed by atoms with E-state index in [1.54, 1.807) is 12.3 Å². The van der Waals surface area contributed by atoms with Crippen molar-refractivity contribution < 1.29 is 4.79 Å². The van der Waals surface area contributed by atoms with Gasteiger partial charge in [-0.3, -0.25) is 9.69 Å². The van der Waals surface area contributed by atoms with Gasteiger partial charge in [0.2, 0.25) is 0 Å². The Morgan fingerprint density at radius 2 is 2.05 bits per heavy atom. The standard InChI is InChI=1S/C15H23ClN4O/c1-3-5-19-6-8-20(9-7-19)15(21)12-10-13(16)14(17-4-2)18-11-12/h10-11H,3-9H2,1-2H3,(H,17,18). The minimum Gasteiger partial charge on any atom is -0.369 e. The SMILES string of the molecule is CCCN1CCN(C(=O)c2cnc(NCC)c(Cl)c2)CC1. The molecule has 1 aromatic heterocycles. The third-order valence-corrected chi connectivity index (χ3v) is 3.92. The molecule has 1 aliphatic rings. The van der Waals surface area contributed by atoms with Crippen molar-refractivity contribution in [2.75, 3.05) is 44.6 Å². The van der Waals surface area contributed by atoms with Crippen LogP contribution in [0.1, 0.15) is 30.6 Å². The maximum absolute atomic E-state index is 12.5. The maximum atomic E-state index is 12.5. The molecule has 0 aromatic carbocycles. The Bertz CT molecular complexity index is 487. The van der Waals surface area contributed by atoms with Crippen LogP contribution in [0.2, 0.25) is 5.02 Å². The van der Waals surface area contributed by atoms with E-state index in [1.807, 2.05) is 11.8 Å². The van der Waals surface area contributed by atoms with E-state index in [0.29, 0.717) is 16.4 Å². The van der Waals surface area contributed by atoms with Crippen LogP contribution < -0.4 is 5.32 Å². The van der Waals surface area contributed by atoms with Gasteiger partial charge in [0.15, 0.2) is 0 Å². The summed E-state index contributed by atoms with van der Waals surface area (Å²) in [7, 11) is 0. The molecule has 2 rings (SSSR count). The smallest absolute Gasteiger partial charge is 0.255 e. The van der Waals surface area contributed by atoms with Gasteiger partial charge in [-0.25, -0.2) is 4.98 Å². The third-order valence-electron chi connectivity index (χ3n) is 3.63. The first-order valence-corrected chi connectivity index (χ1v) is 7.94. The van der Waals surface area contributed by atoms with E-state index < -0.39 is 0 Å². The molecule has 21 heavy (non-hydrogen) atoms. The number of aromatic nitrogens is 1. The van der Waals surface area contributed by atoms with Crippen molar-refractivity contribution in [1.29, 1.82) is 0 Å². The van der Waals surface area contributed by atoms with Crippen LogP contribution >= 0.6 is 11.6 Å². The zero-order valence-electron chi connectivity index (χ0n) is 12.7. The van der Waals surface area contributed by atoms with E-state index in [9.17, 15) is 4.79 Å². The Morgan fingerprint density at radius 3 is 2.62 bits per heavy atom. The molecule has 116 valence electrons. The van der Waals surface area contributed by atoms with Gasteiger partial charge in [0.25, 0.3) is 5.91 Å². The lowest BCUT2D eigenvalue weighted by Crippen LogP contribution is -2.48. The van der Waals surface area contributed by atoms with Crippen LogP contribution in [0.5, 0.6) is 0 Å². The predicted octanol–water partition coefficient (Wildman–Crippen LogP) is 2.33. The van der Waals surface area contributed by atoms with Gasteiger partial charge in [0.1, 0.15) is 5.82 Å². The second-order valence-electron chi connectivity index (χ2n) is 5.22. The summed E-state index contributed by atoms with van der Waals surface area (Å²) in [6, 6.07) is 1.70. The molecule has 0 bridgehead atoms. The van der Waals surface area contributed by atoms with Gasteiger partial charge in [-0.15, -0.1) is 0 Å². The minimum atomic E-state index is 0.0172. The Balaban J connectivity index is 1.99. The lowest BCUT2D eigenvalue weighted by Gasteiger charge is -2.34. The van der Waals surface area contributed by atoms with E-state index in [2.05, 4.69) is 22.1 Å². The fourth-order valence-corrected chi connectivity index (χ4v) is 2.76. The number of rotatable bonds is 5. The van der Waals surface area contributed by atoms with Crippen molar-refractivity contribution >= 4 is 23.3 Å². The van der Waals surface area contributed by atoms with Crippen LogP contribution in [-0.4, -0.2) is 60.0 Å². The van der Waals surface area contributed by atoms with Crippen molar-refractivity contribution in [3.63, 3.8) is 0 Å². The topological polar surface area (TPSA) is 48.5 Å². The minimum absolute atomic E-state index is 0.0172. The largest absolute Gasteiger partial charge is 0.369 e. The second-order valence-corrected chi connectivity index (χ2v) is 5.63. The van der Waals surface area contributed by atoms with Crippen LogP contribution in [0.3, 0.4) is 0 Å². The number of nitrogens with one attached hydrogen (secondary N) is 1. The molecule has 1 aromatic rings. The molecule has 0 saturated carbocycles. The number of amides is 1. The average Bonchev–Trinajstić information content (AvgIpc) is 2.50. The first-order valence-electron chi connectivity index (χ1n) is 7.56. The van der Waals surface area contributed by atoms with Crippen molar-refractivity contribution in [2.24, 2.45) is 0 Å². The number of carbonyl (C=O) groups is 1. The van der Waals surface area contributed by atoms with E-state index in [0.717, 1.165) is 45.7 Å². The summed E-state index contributed by atoms with van der Waals surface area (Å²) >= 11 is 6.15. The summed E-state index contributed by atoms with van der Waals surface area (Å²) in [6.07, 6.45) is 2.75. The van der Waals surface area contributed by atoms with Gasteiger partial charge in [-0.2, -0.15) is 0 Å². The fraction of sp³-hybridized carbons (Fsp3) is 0.600. The van der Waals surface area contributed by atoms with Crippen LogP contribution in [0.4, 0.5) is 5.82 Å². The van der Waals surface area contributed by atoms with E-state index in [1.165, 1.54) is 0 Å². The molecule has 0 radical (unpaired) electrons. The Morgan fingerprint density at radius 1 is 1.33 bits per heavy atom. The lowest BCUT2D eigenvalue weighted by molar-refractivity contribution is 0.0637. The number of anilines is 1. The number of carbonyl (C=O) groups excluding carboxylic acids is 1. The summed E-state index contributed by atoms with van der Waals surface area (Å²) < 4.78 is 0. The van der Waals surface area contributed by atoms with Gasteiger partial charge in [0.05, 0.1) is 10.6 Å². The highest BCUT2D eigenvalue weighted by Gasteiger charge is 2.22. The summed E-state index contributed by atoms with van der Waals surface area (Å²) in [6.45, 7) is 9.43. The number of hydrogen-bond acceptors (Lipinski definition) is 4. The average molecular weight is 311 g/mol. The molecule has 6 heteroatoms. The first-order chi connectivity index (χ1) is 10.2. The lowest BCUT2D eigenvalue weighted by atomic mass is 10.2. The molecule has 1 fully saturated rings. The summed E-state index contributed by atoms with van der Waals surface area (Å²) in [5.41, 5.74) is 0.561. The molecule has 1 saturated heterocycles. The zero-order chi connectivity index (χ0) is 15.2. The van der Waals surface area contributed by atoms with Gasteiger partial charge in [0, 0.05) is 38.9 Å². The quantitative estimate of drug-likeness (QED) is 0.907. The Labute approximate surface area is 131 Å². The Kier molecular flexibility index (Phi) is 5.82. The predicted molar refractivity (Wildman–Crippen MR) is 86.0 cm³/mol. The monoisotopic (exact) mass is 310 g/mol. The normalized spacial score (nSPS) is 16.0. The maximum Gasteiger partial charge on any atom is 0.255 e. The van der Waals surface area contributed by atoms with Crippen molar-refractivity contribution in [3.8, 4) is 0 Å². The highest BCUT2D eigenvalue weighted by Crippen LogP contribution is 2.21. The number of piperazine rings is 1. The molecule has 0 unspecified atom stereocenters. The first kappa shape index (κ1) is 16.0. The molecular formula is C15H23ClN4O. The zero-order valence-corrected chi connectivity index (χ0v) is 13.5. The molecule has 1 aliphatic heterocycles. The molecule has 5 nitrogen and oxygen atoms in total. The Hall–Kier alpha value is -1.33. The van der Waals surface area contributed by atoms with Crippen LogP contribution in [0.25, 0.3) is 0 Å². The van der Waals surface area contributed by atoms with Gasteiger partial charge in [-0.1, -0.05) is 18.5 Å². The molecular weight excluding hydrogens is 288 g/mol. The molecule has 0 aliphatic carbocycles. The van der Waals surface area contributed by atoms with Crippen molar-refractivity contribution in [2.45, 2.75) is 20.3 Å². The van der Waals surface area contributed by atoms with Crippen molar-refractivity contribution in [1.82, 2.24) is 14.8 Å². The summed E-state index contributed by atoms with van der Waals surface area (Å²) in [4.78, 5) is 21.0. The fourth-order valence-electron chi connectivity index (χ4n) is 2.53. The molecule has 0 spiro atoms. The van der Waals surface area contributed by atoms with E-state index in [-0.39, 0.29) is 5.91 Å². The molecule has 1 amide bonds. The number of hydrogen-bond donors (Lipinski definition) is 1. The molecule has 0 atom stereocenters. The van der Waals surface area contributed by atoms with Crippen LogP contribution in [-0.2, 0) is 0 Å². The van der Waals surface area contributed by atoms with E-state index >= 15 is 0 Å². The van der Waals surface area contributed by atoms with E-state index in [4.69, 9.17) is 11.6 Å². The summed E-state index contributed by atoms with van der Waals surface area (Å²) in [5, 5.41) is 3.56. The van der Waals surface area contributed by atoms with Crippen molar-refractivity contribution in [3.05, 3.63) is 22.8 Å².